The normalized spacial score (nSPS) is 10.5. The van der Waals surface area contributed by atoms with Gasteiger partial charge in [-0.2, -0.15) is 0 Å². The summed E-state index contributed by atoms with van der Waals surface area (Å²) in [6.45, 7) is 3.68. The first kappa shape index (κ1) is 12.0. The molecule has 0 aromatic carbocycles. The molecular formula is C12H15N3OS. The average Bonchev–Trinajstić information content (AvgIpc) is 2.76. The van der Waals surface area contributed by atoms with E-state index in [9.17, 15) is 0 Å². The molecule has 0 aliphatic rings. The Labute approximate surface area is 105 Å². The molecule has 0 saturated carbocycles. The first-order valence-electron chi connectivity index (χ1n) is 5.38. The Bertz CT molecular complexity index is 467. The molecule has 5 heteroatoms. The fourth-order valence-corrected chi connectivity index (χ4v) is 2.20. The predicted molar refractivity (Wildman–Crippen MR) is 68.2 cm³/mol. The van der Waals surface area contributed by atoms with Crippen molar-refractivity contribution in [3.05, 3.63) is 40.0 Å². The highest BCUT2D eigenvalue weighted by molar-refractivity contribution is 7.09. The van der Waals surface area contributed by atoms with Crippen LogP contribution in [0.4, 0.5) is 0 Å². The molecule has 1 N–H and O–H groups in total. The van der Waals surface area contributed by atoms with Crippen molar-refractivity contribution in [1.29, 1.82) is 0 Å². The zero-order valence-corrected chi connectivity index (χ0v) is 10.8. The number of nitrogens with one attached hydrogen (secondary N) is 1. The van der Waals surface area contributed by atoms with Crippen molar-refractivity contribution < 1.29 is 4.74 Å². The number of hydrogen-bond acceptors (Lipinski definition) is 5. The van der Waals surface area contributed by atoms with Crippen molar-refractivity contribution in [2.24, 2.45) is 0 Å². The summed E-state index contributed by atoms with van der Waals surface area (Å²) in [5, 5.41) is 3.37. The van der Waals surface area contributed by atoms with Crippen LogP contribution < -0.4 is 10.1 Å². The van der Waals surface area contributed by atoms with Crippen molar-refractivity contribution in [3.8, 4) is 5.88 Å². The van der Waals surface area contributed by atoms with Crippen LogP contribution >= 0.6 is 11.3 Å². The Morgan fingerprint density at radius 3 is 2.76 bits per heavy atom. The van der Waals surface area contributed by atoms with Crippen LogP contribution in [-0.2, 0) is 13.1 Å². The molecule has 4 nitrogen and oxygen atoms in total. The third-order valence-electron chi connectivity index (χ3n) is 2.47. The van der Waals surface area contributed by atoms with Gasteiger partial charge in [0.25, 0.3) is 0 Å². The number of aryl methyl sites for hydroxylation is 1. The largest absolute Gasteiger partial charge is 0.481 e. The Morgan fingerprint density at radius 2 is 2.18 bits per heavy atom. The molecule has 0 unspecified atom stereocenters. The fraction of sp³-hybridized carbons (Fsp3) is 0.333. The van der Waals surface area contributed by atoms with Crippen LogP contribution in [0.1, 0.15) is 16.1 Å². The second-order valence-electron chi connectivity index (χ2n) is 3.67. The summed E-state index contributed by atoms with van der Waals surface area (Å²) in [6, 6.07) is 3.88. The van der Waals surface area contributed by atoms with E-state index in [2.05, 4.69) is 15.3 Å². The number of aromatic nitrogens is 2. The second-order valence-corrected chi connectivity index (χ2v) is 4.61. The van der Waals surface area contributed by atoms with Crippen molar-refractivity contribution in [3.63, 3.8) is 0 Å². The van der Waals surface area contributed by atoms with Crippen LogP contribution in [0, 0.1) is 6.92 Å². The lowest BCUT2D eigenvalue weighted by atomic mass is 10.3. The molecule has 0 radical (unpaired) electrons. The molecule has 0 aliphatic carbocycles. The zero-order chi connectivity index (χ0) is 12.1. The van der Waals surface area contributed by atoms with Crippen molar-refractivity contribution in [2.45, 2.75) is 20.0 Å². The van der Waals surface area contributed by atoms with E-state index in [1.54, 1.807) is 18.4 Å². The van der Waals surface area contributed by atoms with E-state index in [4.69, 9.17) is 4.74 Å². The summed E-state index contributed by atoms with van der Waals surface area (Å²) in [5.41, 5.74) is 4.13. The third kappa shape index (κ3) is 3.25. The lowest BCUT2D eigenvalue weighted by Crippen LogP contribution is -2.12. The predicted octanol–water partition coefficient (Wildman–Crippen LogP) is 2.14. The molecule has 2 rings (SSSR count). The van der Waals surface area contributed by atoms with Gasteiger partial charge >= 0.3 is 0 Å². The maximum atomic E-state index is 5.01. The van der Waals surface area contributed by atoms with Gasteiger partial charge in [0.05, 0.1) is 18.3 Å². The van der Waals surface area contributed by atoms with Gasteiger partial charge in [0, 0.05) is 30.2 Å². The number of pyridine rings is 1. The number of nitrogens with zero attached hydrogens (tertiary/aromatic N) is 2. The highest BCUT2D eigenvalue weighted by atomic mass is 32.1. The summed E-state index contributed by atoms with van der Waals surface area (Å²) >= 11 is 1.68. The van der Waals surface area contributed by atoms with Crippen molar-refractivity contribution in [2.75, 3.05) is 7.11 Å². The molecule has 0 bridgehead atoms. The lowest BCUT2D eigenvalue weighted by molar-refractivity contribution is 0.397. The quantitative estimate of drug-likeness (QED) is 0.882. The van der Waals surface area contributed by atoms with Gasteiger partial charge in [-0.1, -0.05) is 6.07 Å². The average molecular weight is 249 g/mol. The van der Waals surface area contributed by atoms with E-state index >= 15 is 0 Å². The van der Waals surface area contributed by atoms with Crippen LogP contribution in [0.25, 0.3) is 0 Å². The monoisotopic (exact) mass is 249 g/mol. The number of rotatable bonds is 5. The molecule has 2 heterocycles. The molecule has 0 aliphatic heterocycles. The molecule has 0 saturated heterocycles. The molecular weight excluding hydrogens is 234 g/mol. The van der Waals surface area contributed by atoms with Crippen LogP contribution in [0.3, 0.4) is 0 Å². The minimum Gasteiger partial charge on any atom is -0.481 e. The minimum absolute atomic E-state index is 0.645. The van der Waals surface area contributed by atoms with Crippen molar-refractivity contribution in [1.82, 2.24) is 15.3 Å². The maximum absolute atomic E-state index is 5.01. The van der Waals surface area contributed by atoms with Crippen molar-refractivity contribution >= 4 is 11.3 Å². The molecule has 0 amide bonds. The van der Waals surface area contributed by atoms with E-state index in [1.807, 2.05) is 30.8 Å². The van der Waals surface area contributed by atoms with E-state index in [-0.39, 0.29) is 0 Å². The number of thiazole rings is 1. The maximum Gasteiger partial charge on any atom is 0.212 e. The topological polar surface area (TPSA) is 47.0 Å². The molecule has 0 atom stereocenters. The molecule has 90 valence electrons. The van der Waals surface area contributed by atoms with Gasteiger partial charge in [-0.05, 0) is 12.5 Å². The highest BCUT2D eigenvalue weighted by Crippen LogP contribution is 2.12. The number of ether oxygens (including phenoxy) is 1. The van der Waals surface area contributed by atoms with Gasteiger partial charge in [0.1, 0.15) is 0 Å². The Kier molecular flexibility index (Phi) is 4.06. The number of methoxy groups -OCH3 is 1. The van der Waals surface area contributed by atoms with Gasteiger partial charge in [0.15, 0.2) is 0 Å². The first-order chi connectivity index (χ1) is 8.29. The summed E-state index contributed by atoms with van der Waals surface area (Å²) in [4.78, 5) is 9.66. The van der Waals surface area contributed by atoms with Gasteiger partial charge in [-0.15, -0.1) is 11.3 Å². The number of hydrogen-bond donors (Lipinski definition) is 1. The summed E-state index contributed by atoms with van der Waals surface area (Å²) < 4.78 is 5.01. The molecule has 2 aromatic heterocycles. The lowest BCUT2D eigenvalue weighted by Gasteiger charge is -2.04. The van der Waals surface area contributed by atoms with E-state index in [0.717, 1.165) is 24.3 Å². The zero-order valence-electron chi connectivity index (χ0n) is 9.93. The first-order valence-corrected chi connectivity index (χ1v) is 6.26. The summed E-state index contributed by atoms with van der Waals surface area (Å²) in [5.74, 6) is 0.645. The minimum atomic E-state index is 0.645. The molecule has 0 fully saturated rings. The van der Waals surface area contributed by atoms with Crippen LogP contribution in [0.5, 0.6) is 5.88 Å². The van der Waals surface area contributed by atoms with E-state index < -0.39 is 0 Å². The molecule has 17 heavy (non-hydrogen) atoms. The highest BCUT2D eigenvalue weighted by Gasteiger charge is 2.01. The summed E-state index contributed by atoms with van der Waals surface area (Å²) in [7, 11) is 1.62. The SMILES string of the molecule is COc1ccc(CNCc2scnc2C)cn1. The van der Waals surface area contributed by atoms with E-state index in [1.165, 1.54) is 4.88 Å². The Balaban J connectivity index is 1.83. The summed E-state index contributed by atoms with van der Waals surface area (Å²) in [6.07, 6.45) is 1.82. The standard InChI is InChI=1S/C12H15N3OS/c1-9-11(17-8-15-9)7-13-5-10-3-4-12(16-2)14-6-10/h3-4,6,8,13H,5,7H2,1-2H3. The third-order valence-corrected chi connectivity index (χ3v) is 3.40. The molecule has 2 aromatic rings. The van der Waals surface area contributed by atoms with Gasteiger partial charge in [0.2, 0.25) is 5.88 Å². The van der Waals surface area contributed by atoms with Crippen LogP contribution in [0.2, 0.25) is 0 Å². The fourth-order valence-electron chi connectivity index (χ4n) is 1.45. The van der Waals surface area contributed by atoms with Gasteiger partial charge < -0.3 is 10.1 Å². The van der Waals surface area contributed by atoms with Crippen LogP contribution in [0.15, 0.2) is 23.8 Å². The van der Waals surface area contributed by atoms with Gasteiger partial charge in [-0.25, -0.2) is 9.97 Å². The molecule has 0 spiro atoms. The van der Waals surface area contributed by atoms with Crippen LogP contribution in [-0.4, -0.2) is 17.1 Å². The van der Waals surface area contributed by atoms with Gasteiger partial charge in [-0.3, -0.25) is 0 Å². The Morgan fingerprint density at radius 1 is 1.29 bits per heavy atom. The Hall–Kier alpha value is -1.46. The smallest absolute Gasteiger partial charge is 0.212 e. The second kappa shape index (κ2) is 5.75. The van der Waals surface area contributed by atoms with E-state index in [0.29, 0.717) is 5.88 Å².